The number of nitrogens with one attached hydrogen (secondary N) is 1. The average Bonchev–Trinajstić information content (AvgIpc) is 2.48. The van der Waals surface area contributed by atoms with Crippen LogP contribution >= 0.6 is 27.7 Å². The van der Waals surface area contributed by atoms with Gasteiger partial charge < -0.3 is 5.32 Å². The highest BCUT2D eigenvalue weighted by atomic mass is 79.9. The molecule has 2 nitrogen and oxygen atoms in total. The molecule has 0 aliphatic carbocycles. The monoisotopic (exact) mass is 350 g/mol. The number of halogens is 1. The minimum absolute atomic E-state index is 0.314. The van der Waals surface area contributed by atoms with Crippen LogP contribution in [0.1, 0.15) is 31.9 Å². The second-order valence-electron chi connectivity index (χ2n) is 4.61. The summed E-state index contributed by atoms with van der Waals surface area (Å²) in [6.07, 6.45) is 2.99. The molecule has 1 atom stereocenters. The van der Waals surface area contributed by atoms with Gasteiger partial charge in [0.05, 0.1) is 0 Å². The van der Waals surface area contributed by atoms with E-state index in [1.807, 2.05) is 18.3 Å². The molecule has 0 aliphatic heterocycles. The zero-order chi connectivity index (χ0) is 14.4. The zero-order valence-electron chi connectivity index (χ0n) is 11.8. The first-order chi connectivity index (χ1) is 9.72. The first-order valence-electron chi connectivity index (χ1n) is 6.83. The number of hydrogen-bond acceptors (Lipinski definition) is 3. The van der Waals surface area contributed by atoms with Gasteiger partial charge in [0.1, 0.15) is 5.03 Å². The van der Waals surface area contributed by atoms with E-state index in [0.717, 1.165) is 22.5 Å². The predicted octanol–water partition coefficient (Wildman–Crippen LogP) is 5.06. The lowest BCUT2D eigenvalue weighted by Gasteiger charge is -2.16. The standard InChI is InChI=1S/C16H19BrN2S/c1-3-10-18-12(2)13-7-6-11-19-16(13)20-15-9-5-4-8-14(15)17/h4-9,11-12,18H,3,10H2,1-2H3. The summed E-state index contributed by atoms with van der Waals surface area (Å²) in [7, 11) is 0. The molecule has 1 aromatic heterocycles. The van der Waals surface area contributed by atoms with Crippen molar-refractivity contribution in [1.82, 2.24) is 10.3 Å². The van der Waals surface area contributed by atoms with Gasteiger partial charge in [0, 0.05) is 27.2 Å². The van der Waals surface area contributed by atoms with E-state index in [0.29, 0.717) is 6.04 Å². The Bertz CT molecular complexity index is 560. The third-order valence-electron chi connectivity index (χ3n) is 3.01. The molecule has 0 bridgehead atoms. The molecule has 1 N–H and O–H groups in total. The summed E-state index contributed by atoms with van der Waals surface area (Å²) in [6, 6.07) is 12.7. The summed E-state index contributed by atoms with van der Waals surface area (Å²) >= 11 is 5.30. The van der Waals surface area contributed by atoms with Crippen molar-refractivity contribution in [3.63, 3.8) is 0 Å². The third-order valence-corrected chi connectivity index (χ3v) is 5.08. The fraction of sp³-hybridized carbons (Fsp3) is 0.312. The third kappa shape index (κ3) is 4.08. The van der Waals surface area contributed by atoms with Gasteiger partial charge in [-0.15, -0.1) is 0 Å². The molecular weight excluding hydrogens is 332 g/mol. The van der Waals surface area contributed by atoms with E-state index in [4.69, 9.17) is 0 Å². The Hall–Kier alpha value is -0.840. The molecule has 0 fully saturated rings. The van der Waals surface area contributed by atoms with Crippen molar-refractivity contribution in [2.75, 3.05) is 6.54 Å². The van der Waals surface area contributed by atoms with E-state index in [-0.39, 0.29) is 0 Å². The number of aromatic nitrogens is 1. The maximum Gasteiger partial charge on any atom is 0.106 e. The molecule has 106 valence electrons. The Kier molecular flexibility index (Phi) is 6.07. The molecule has 0 amide bonds. The molecule has 0 saturated carbocycles. The molecular formula is C16H19BrN2S. The van der Waals surface area contributed by atoms with Gasteiger partial charge in [-0.05, 0) is 54.0 Å². The molecule has 2 rings (SSSR count). The molecule has 2 aromatic rings. The molecule has 20 heavy (non-hydrogen) atoms. The van der Waals surface area contributed by atoms with Crippen molar-refractivity contribution in [3.8, 4) is 0 Å². The normalized spacial score (nSPS) is 12.3. The van der Waals surface area contributed by atoms with E-state index < -0.39 is 0 Å². The van der Waals surface area contributed by atoms with Crippen LogP contribution in [0.4, 0.5) is 0 Å². The lowest BCUT2D eigenvalue weighted by atomic mass is 10.1. The second-order valence-corrected chi connectivity index (χ2v) is 6.49. The molecule has 0 aliphatic rings. The average molecular weight is 351 g/mol. The molecule has 1 heterocycles. The highest BCUT2D eigenvalue weighted by Gasteiger charge is 2.12. The van der Waals surface area contributed by atoms with Crippen LogP contribution in [0.25, 0.3) is 0 Å². The summed E-state index contributed by atoms with van der Waals surface area (Å²) in [4.78, 5) is 5.74. The lowest BCUT2D eigenvalue weighted by Crippen LogP contribution is -2.20. The summed E-state index contributed by atoms with van der Waals surface area (Å²) < 4.78 is 1.11. The van der Waals surface area contributed by atoms with Crippen LogP contribution in [0.5, 0.6) is 0 Å². The number of hydrogen-bond donors (Lipinski definition) is 1. The van der Waals surface area contributed by atoms with Gasteiger partial charge >= 0.3 is 0 Å². The molecule has 0 radical (unpaired) electrons. The van der Waals surface area contributed by atoms with Crippen molar-refractivity contribution in [2.45, 2.75) is 36.2 Å². The minimum atomic E-state index is 0.314. The number of benzene rings is 1. The molecule has 0 spiro atoms. The van der Waals surface area contributed by atoms with Crippen molar-refractivity contribution < 1.29 is 0 Å². The van der Waals surface area contributed by atoms with E-state index in [1.165, 1.54) is 10.5 Å². The van der Waals surface area contributed by atoms with Crippen LogP contribution in [0.3, 0.4) is 0 Å². The topological polar surface area (TPSA) is 24.9 Å². The Balaban J connectivity index is 2.22. The van der Waals surface area contributed by atoms with Crippen LogP contribution in [0, 0.1) is 0 Å². The smallest absolute Gasteiger partial charge is 0.106 e. The van der Waals surface area contributed by atoms with Crippen LogP contribution in [0.2, 0.25) is 0 Å². The van der Waals surface area contributed by atoms with E-state index >= 15 is 0 Å². The Morgan fingerprint density at radius 2 is 2.05 bits per heavy atom. The number of rotatable bonds is 6. The highest BCUT2D eigenvalue weighted by Crippen LogP contribution is 2.35. The Morgan fingerprint density at radius 1 is 1.25 bits per heavy atom. The zero-order valence-corrected chi connectivity index (χ0v) is 14.2. The van der Waals surface area contributed by atoms with Crippen molar-refractivity contribution >= 4 is 27.7 Å². The Morgan fingerprint density at radius 3 is 2.80 bits per heavy atom. The van der Waals surface area contributed by atoms with Crippen LogP contribution in [-0.2, 0) is 0 Å². The van der Waals surface area contributed by atoms with Crippen molar-refractivity contribution in [1.29, 1.82) is 0 Å². The summed E-state index contributed by atoms with van der Waals surface area (Å²) in [6.45, 7) is 5.39. The number of nitrogens with zero attached hydrogens (tertiary/aromatic N) is 1. The van der Waals surface area contributed by atoms with Gasteiger partial charge in [-0.2, -0.15) is 0 Å². The number of pyridine rings is 1. The fourth-order valence-corrected chi connectivity index (χ4v) is 3.44. The summed E-state index contributed by atoms with van der Waals surface area (Å²) in [5, 5.41) is 4.59. The van der Waals surface area contributed by atoms with Gasteiger partial charge in [-0.1, -0.05) is 36.9 Å². The van der Waals surface area contributed by atoms with Gasteiger partial charge in [0.15, 0.2) is 0 Å². The maximum atomic E-state index is 4.55. The molecule has 0 saturated heterocycles. The van der Waals surface area contributed by atoms with Crippen molar-refractivity contribution in [2.24, 2.45) is 0 Å². The van der Waals surface area contributed by atoms with Crippen LogP contribution < -0.4 is 5.32 Å². The van der Waals surface area contributed by atoms with Gasteiger partial charge in [-0.3, -0.25) is 0 Å². The van der Waals surface area contributed by atoms with Gasteiger partial charge in [0.25, 0.3) is 0 Å². The SMILES string of the molecule is CCCNC(C)c1cccnc1Sc1ccccc1Br. The van der Waals surface area contributed by atoms with E-state index in [1.54, 1.807) is 11.8 Å². The highest BCUT2D eigenvalue weighted by molar-refractivity contribution is 9.10. The molecule has 4 heteroatoms. The van der Waals surface area contributed by atoms with Crippen molar-refractivity contribution in [3.05, 3.63) is 52.6 Å². The first-order valence-corrected chi connectivity index (χ1v) is 8.44. The quantitative estimate of drug-likeness (QED) is 0.788. The van der Waals surface area contributed by atoms with Crippen LogP contribution in [0.15, 0.2) is 57.0 Å². The first kappa shape index (κ1) is 15.5. The fourth-order valence-electron chi connectivity index (χ4n) is 1.92. The maximum absolute atomic E-state index is 4.55. The summed E-state index contributed by atoms with van der Waals surface area (Å²) in [5.41, 5.74) is 1.25. The van der Waals surface area contributed by atoms with E-state index in [9.17, 15) is 0 Å². The van der Waals surface area contributed by atoms with E-state index in [2.05, 4.69) is 64.3 Å². The second kappa shape index (κ2) is 7.81. The minimum Gasteiger partial charge on any atom is -0.310 e. The van der Waals surface area contributed by atoms with Crippen LogP contribution in [-0.4, -0.2) is 11.5 Å². The Labute approximate surface area is 133 Å². The largest absolute Gasteiger partial charge is 0.310 e. The predicted molar refractivity (Wildman–Crippen MR) is 89.2 cm³/mol. The summed E-state index contributed by atoms with van der Waals surface area (Å²) in [5.74, 6) is 0. The van der Waals surface area contributed by atoms with Gasteiger partial charge in [0.2, 0.25) is 0 Å². The lowest BCUT2D eigenvalue weighted by molar-refractivity contribution is 0.560. The molecule has 1 aromatic carbocycles. The molecule has 1 unspecified atom stereocenters. The van der Waals surface area contributed by atoms with Gasteiger partial charge in [-0.25, -0.2) is 4.98 Å².